The van der Waals surface area contributed by atoms with Gasteiger partial charge in [-0.3, -0.25) is 0 Å². The molecule has 0 amide bonds. The molecule has 112 valence electrons. The van der Waals surface area contributed by atoms with Crippen LogP contribution in [0.2, 0.25) is 10.0 Å². The molecular formula is C14H12BrCl2NO2S. The highest BCUT2D eigenvalue weighted by atomic mass is 79.9. The van der Waals surface area contributed by atoms with Crippen molar-refractivity contribution in [1.29, 1.82) is 0 Å². The minimum absolute atomic E-state index is 0.0529. The molecule has 1 N–H and O–H groups in total. The van der Waals surface area contributed by atoms with E-state index in [0.29, 0.717) is 0 Å². The Bertz CT molecular complexity index is 713. The van der Waals surface area contributed by atoms with Crippen molar-refractivity contribution in [2.75, 3.05) is 0 Å². The van der Waals surface area contributed by atoms with E-state index >= 15 is 0 Å². The van der Waals surface area contributed by atoms with Crippen LogP contribution in [-0.4, -0.2) is 8.42 Å². The van der Waals surface area contributed by atoms with Gasteiger partial charge in [0.15, 0.2) is 0 Å². The zero-order valence-electron chi connectivity index (χ0n) is 10.8. The summed E-state index contributed by atoms with van der Waals surface area (Å²) in [6.07, 6.45) is 0. The van der Waals surface area contributed by atoms with E-state index in [1.807, 2.05) is 24.3 Å². The van der Waals surface area contributed by atoms with E-state index in [2.05, 4.69) is 20.7 Å². The highest BCUT2D eigenvalue weighted by Gasteiger charge is 2.15. The minimum Gasteiger partial charge on any atom is -0.207 e. The van der Waals surface area contributed by atoms with Crippen LogP contribution < -0.4 is 4.72 Å². The van der Waals surface area contributed by atoms with Crippen LogP contribution in [0.4, 0.5) is 0 Å². The van der Waals surface area contributed by atoms with Crippen LogP contribution in [0.25, 0.3) is 0 Å². The molecule has 0 aromatic heterocycles. The van der Waals surface area contributed by atoms with Crippen molar-refractivity contribution in [1.82, 2.24) is 4.72 Å². The molecule has 0 aliphatic heterocycles. The predicted molar refractivity (Wildman–Crippen MR) is 89.6 cm³/mol. The van der Waals surface area contributed by atoms with E-state index < -0.39 is 10.0 Å². The highest BCUT2D eigenvalue weighted by Crippen LogP contribution is 2.22. The first-order chi connectivity index (χ1) is 9.90. The molecule has 2 aromatic rings. The van der Waals surface area contributed by atoms with Gasteiger partial charge in [0.25, 0.3) is 0 Å². The van der Waals surface area contributed by atoms with E-state index in [4.69, 9.17) is 23.2 Å². The fourth-order valence-electron chi connectivity index (χ4n) is 1.69. The molecule has 7 heteroatoms. The smallest absolute Gasteiger partial charge is 0.207 e. The molecule has 0 saturated carbocycles. The highest BCUT2D eigenvalue weighted by molar-refractivity contribution is 9.08. The second kappa shape index (κ2) is 7.11. The molecule has 21 heavy (non-hydrogen) atoms. The molecule has 0 unspecified atom stereocenters. The zero-order valence-corrected chi connectivity index (χ0v) is 14.7. The lowest BCUT2D eigenvalue weighted by Gasteiger charge is -2.08. The van der Waals surface area contributed by atoms with Gasteiger partial charge < -0.3 is 0 Å². The average molecular weight is 409 g/mol. The maximum atomic E-state index is 12.2. The second-order valence-electron chi connectivity index (χ2n) is 4.38. The van der Waals surface area contributed by atoms with E-state index in [9.17, 15) is 8.42 Å². The molecule has 0 saturated heterocycles. The molecule has 0 atom stereocenters. The van der Waals surface area contributed by atoms with Crippen LogP contribution in [0.1, 0.15) is 11.1 Å². The van der Waals surface area contributed by atoms with Crippen LogP contribution in [0.5, 0.6) is 0 Å². The van der Waals surface area contributed by atoms with E-state index in [1.54, 1.807) is 0 Å². The number of hydrogen-bond acceptors (Lipinski definition) is 2. The Balaban J connectivity index is 2.13. The van der Waals surface area contributed by atoms with E-state index in [0.717, 1.165) is 16.5 Å². The number of halogens is 3. The summed E-state index contributed by atoms with van der Waals surface area (Å²) in [5.74, 6) is 0. The van der Waals surface area contributed by atoms with Gasteiger partial charge in [0.05, 0.1) is 4.90 Å². The molecule has 3 nitrogen and oxygen atoms in total. The number of rotatable bonds is 5. The van der Waals surface area contributed by atoms with Gasteiger partial charge in [-0.25, -0.2) is 13.1 Å². The van der Waals surface area contributed by atoms with Gasteiger partial charge in [0, 0.05) is 21.9 Å². The molecule has 0 radical (unpaired) electrons. The van der Waals surface area contributed by atoms with Crippen LogP contribution in [-0.2, 0) is 21.9 Å². The standard InChI is InChI=1S/C14H12BrCl2NO2S/c15-8-10-1-3-11(4-2-10)9-18-21(19,20)14-6-12(16)5-13(17)7-14/h1-7,18H,8-9H2. The van der Waals surface area contributed by atoms with Gasteiger partial charge >= 0.3 is 0 Å². The third kappa shape index (κ3) is 4.69. The van der Waals surface area contributed by atoms with Crippen molar-refractivity contribution in [2.45, 2.75) is 16.8 Å². The van der Waals surface area contributed by atoms with E-state index in [1.165, 1.54) is 18.2 Å². The fourth-order valence-corrected chi connectivity index (χ4v) is 3.81. The molecule has 2 rings (SSSR count). The molecule has 0 heterocycles. The van der Waals surface area contributed by atoms with Crippen molar-refractivity contribution >= 4 is 49.2 Å². The molecule has 2 aromatic carbocycles. The van der Waals surface area contributed by atoms with Crippen molar-refractivity contribution in [2.24, 2.45) is 0 Å². The number of benzene rings is 2. The monoisotopic (exact) mass is 407 g/mol. The zero-order chi connectivity index (χ0) is 15.5. The maximum Gasteiger partial charge on any atom is 0.240 e. The summed E-state index contributed by atoms with van der Waals surface area (Å²) < 4.78 is 26.9. The number of hydrogen-bond donors (Lipinski definition) is 1. The summed E-state index contributed by atoms with van der Waals surface area (Å²) in [5, 5.41) is 1.33. The van der Waals surface area contributed by atoms with Gasteiger partial charge in [-0.15, -0.1) is 0 Å². The van der Waals surface area contributed by atoms with Gasteiger partial charge in [-0.05, 0) is 29.3 Å². The summed E-state index contributed by atoms with van der Waals surface area (Å²) in [4.78, 5) is 0.0529. The minimum atomic E-state index is -3.65. The van der Waals surface area contributed by atoms with E-state index in [-0.39, 0.29) is 21.5 Å². The summed E-state index contributed by atoms with van der Waals surface area (Å²) in [5.41, 5.74) is 2.00. The van der Waals surface area contributed by atoms with Crippen LogP contribution >= 0.6 is 39.1 Å². The van der Waals surface area contributed by atoms with Crippen molar-refractivity contribution in [3.8, 4) is 0 Å². The number of alkyl halides is 1. The SMILES string of the molecule is O=S(=O)(NCc1ccc(CBr)cc1)c1cc(Cl)cc(Cl)c1. The first-order valence-electron chi connectivity index (χ1n) is 6.00. The van der Waals surface area contributed by atoms with Gasteiger partial charge in [-0.2, -0.15) is 0 Å². The summed E-state index contributed by atoms with van der Waals surface area (Å²) in [6.45, 7) is 0.203. The normalized spacial score (nSPS) is 11.6. The van der Waals surface area contributed by atoms with Crippen molar-refractivity contribution in [3.05, 3.63) is 63.6 Å². The topological polar surface area (TPSA) is 46.2 Å². The Morgan fingerprint density at radius 1 is 0.952 bits per heavy atom. The summed E-state index contributed by atoms with van der Waals surface area (Å²) >= 11 is 15.0. The molecule has 0 bridgehead atoms. The third-order valence-corrected chi connectivity index (χ3v) is 5.25. The lowest BCUT2D eigenvalue weighted by atomic mass is 10.2. The first-order valence-corrected chi connectivity index (χ1v) is 9.36. The average Bonchev–Trinajstić information content (AvgIpc) is 2.45. The van der Waals surface area contributed by atoms with Gasteiger partial charge in [0.1, 0.15) is 0 Å². The molecule has 0 fully saturated rings. The maximum absolute atomic E-state index is 12.2. The second-order valence-corrected chi connectivity index (χ2v) is 7.58. The van der Waals surface area contributed by atoms with Crippen molar-refractivity contribution in [3.63, 3.8) is 0 Å². The molecular weight excluding hydrogens is 397 g/mol. The molecule has 0 spiro atoms. The van der Waals surface area contributed by atoms with Crippen molar-refractivity contribution < 1.29 is 8.42 Å². The number of sulfonamides is 1. The largest absolute Gasteiger partial charge is 0.240 e. The van der Waals surface area contributed by atoms with Gasteiger partial charge in [0.2, 0.25) is 10.0 Å². The Morgan fingerprint density at radius 2 is 1.48 bits per heavy atom. The van der Waals surface area contributed by atoms with Crippen LogP contribution in [0, 0.1) is 0 Å². The first kappa shape index (κ1) is 16.8. The Morgan fingerprint density at radius 3 is 2.00 bits per heavy atom. The van der Waals surface area contributed by atoms with Crippen LogP contribution in [0.15, 0.2) is 47.4 Å². The fraction of sp³-hybridized carbons (Fsp3) is 0.143. The van der Waals surface area contributed by atoms with Crippen LogP contribution in [0.3, 0.4) is 0 Å². The quantitative estimate of drug-likeness (QED) is 0.746. The third-order valence-electron chi connectivity index (χ3n) is 2.79. The summed E-state index contributed by atoms with van der Waals surface area (Å²) in [6, 6.07) is 11.9. The Kier molecular flexibility index (Phi) is 5.68. The Hall–Kier alpha value is -0.590. The summed E-state index contributed by atoms with van der Waals surface area (Å²) in [7, 11) is -3.65. The lowest BCUT2D eigenvalue weighted by Crippen LogP contribution is -2.23. The number of nitrogens with one attached hydrogen (secondary N) is 1. The Labute approximate surface area is 142 Å². The predicted octanol–water partition coefficient (Wildman–Crippen LogP) is 4.37. The molecule has 0 aliphatic rings. The lowest BCUT2D eigenvalue weighted by molar-refractivity contribution is 0.581. The molecule has 0 aliphatic carbocycles. The van der Waals surface area contributed by atoms with Gasteiger partial charge in [-0.1, -0.05) is 63.4 Å².